The molecule has 0 amide bonds. The fraction of sp³-hybridized carbons (Fsp3) is 1.00. The maximum atomic E-state index is 2.74. The Morgan fingerprint density at radius 2 is 1.92 bits per heavy atom. The summed E-state index contributed by atoms with van der Waals surface area (Å²) >= 11 is 2.13. The van der Waals surface area contributed by atoms with Gasteiger partial charge in [-0.15, -0.1) is 0 Å². The summed E-state index contributed by atoms with van der Waals surface area (Å²) in [5.41, 5.74) is 0.588. The van der Waals surface area contributed by atoms with E-state index in [0.29, 0.717) is 5.41 Å². The van der Waals surface area contributed by atoms with E-state index in [-0.39, 0.29) is 0 Å². The molecule has 0 aromatic rings. The summed E-state index contributed by atoms with van der Waals surface area (Å²) in [6, 6.07) is 0.919. The largest absolute Gasteiger partial charge is 0.300 e. The van der Waals surface area contributed by atoms with E-state index in [1.807, 2.05) is 0 Å². The van der Waals surface area contributed by atoms with Crippen LogP contribution >= 0.6 is 11.8 Å². The standard InChI is InChI=1S/C11H21NS/c1-11(2)5-6-12(9-11)10-3-7-13-8-4-10/h10H,3-9H2,1-2H3. The SMILES string of the molecule is CC1(C)CCN(C2CCSCC2)C1. The molecule has 2 heterocycles. The molecule has 0 N–H and O–H groups in total. The zero-order chi connectivity index (χ0) is 9.31. The lowest BCUT2D eigenvalue weighted by atomic mass is 9.93. The summed E-state index contributed by atoms with van der Waals surface area (Å²) in [6.07, 6.45) is 4.26. The lowest BCUT2D eigenvalue weighted by Crippen LogP contribution is -2.37. The van der Waals surface area contributed by atoms with Crippen molar-refractivity contribution >= 4 is 11.8 Å². The summed E-state index contributed by atoms with van der Waals surface area (Å²) in [5.74, 6) is 2.78. The Bertz CT molecular complexity index is 173. The highest BCUT2D eigenvalue weighted by atomic mass is 32.2. The average molecular weight is 199 g/mol. The highest BCUT2D eigenvalue weighted by Crippen LogP contribution is 2.33. The Labute approximate surface area is 86.3 Å². The van der Waals surface area contributed by atoms with Crippen LogP contribution < -0.4 is 0 Å². The second-order valence-corrected chi connectivity index (χ2v) is 6.45. The summed E-state index contributed by atoms with van der Waals surface area (Å²) in [7, 11) is 0. The van der Waals surface area contributed by atoms with E-state index in [1.54, 1.807) is 0 Å². The predicted molar refractivity (Wildman–Crippen MR) is 60.3 cm³/mol. The molecular formula is C11H21NS. The maximum absolute atomic E-state index is 2.74. The third-order valence-corrected chi connectivity index (χ3v) is 4.46. The molecule has 1 nitrogen and oxygen atoms in total. The number of hydrogen-bond donors (Lipinski definition) is 0. The maximum Gasteiger partial charge on any atom is 0.0111 e. The van der Waals surface area contributed by atoms with Crippen LogP contribution in [0, 0.1) is 5.41 Å². The van der Waals surface area contributed by atoms with E-state index < -0.39 is 0 Å². The number of likely N-dealkylation sites (tertiary alicyclic amines) is 1. The molecule has 0 saturated carbocycles. The lowest BCUT2D eigenvalue weighted by molar-refractivity contribution is 0.206. The fourth-order valence-electron chi connectivity index (χ4n) is 2.52. The molecule has 2 fully saturated rings. The Morgan fingerprint density at radius 1 is 1.23 bits per heavy atom. The number of hydrogen-bond acceptors (Lipinski definition) is 2. The van der Waals surface area contributed by atoms with Gasteiger partial charge in [-0.05, 0) is 42.7 Å². The molecule has 0 spiro atoms. The molecule has 2 saturated heterocycles. The van der Waals surface area contributed by atoms with Gasteiger partial charge in [-0.3, -0.25) is 4.90 Å². The molecule has 76 valence electrons. The van der Waals surface area contributed by atoms with Crippen LogP contribution in [0.1, 0.15) is 33.1 Å². The van der Waals surface area contributed by atoms with E-state index >= 15 is 0 Å². The first kappa shape index (κ1) is 9.85. The predicted octanol–water partition coefficient (Wildman–Crippen LogP) is 2.61. The third-order valence-electron chi connectivity index (χ3n) is 3.41. The van der Waals surface area contributed by atoms with Crippen molar-refractivity contribution < 1.29 is 0 Å². The van der Waals surface area contributed by atoms with E-state index in [2.05, 4.69) is 30.5 Å². The summed E-state index contributed by atoms with van der Waals surface area (Å²) < 4.78 is 0. The van der Waals surface area contributed by atoms with Gasteiger partial charge in [0.1, 0.15) is 0 Å². The van der Waals surface area contributed by atoms with Crippen LogP contribution in [0.15, 0.2) is 0 Å². The zero-order valence-corrected chi connectivity index (χ0v) is 9.70. The average Bonchev–Trinajstić information content (AvgIpc) is 2.48. The van der Waals surface area contributed by atoms with Crippen molar-refractivity contribution in [1.29, 1.82) is 0 Å². The first-order chi connectivity index (χ1) is 6.17. The van der Waals surface area contributed by atoms with Crippen molar-refractivity contribution in [2.24, 2.45) is 5.41 Å². The van der Waals surface area contributed by atoms with Gasteiger partial charge in [-0.2, -0.15) is 11.8 Å². The van der Waals surface area contributed by atoms with Crippen molar-refractivity contribution in [3.05, 3.63) is 0 Å². The van der Waals surface area contributed by atoms with Crippen molar-refractivity contribution in [2.75, 3.05) is 24.6 Å². The molecule has 2 heteroatoms. The van der Waals surface area contributed by atoms with Gasteiger partial charge in [0.15, 0.2) is 0 Å². The summed E-state index contributed by atoms with van der Waals surface area (Å²) in [6.45, 7) is 7.50. The molecule has 0 aromatic carbocycles. The lowest BCUT2D eigenvalue weighted by Gasteiger charge is -2.31. The second kappa shape index (κ2) is 3.82. The molecule has 0 radical (unpaired) electrons. The molecule has 0 aromatic heterocycles. The number of thioether (sulfide) groups is 1. The molecule has 2 rings (SSSR count). The number of rotatable bonds is 1. The molecule has 0 bridgehead atoms. The highest BCUT2D eigenvalue weighted by Gasteiger charge is 2.33. The van der Waals surface area contributed by atoms with Crippen molar-refractivity contribution in [3.63, 3.8) is 0 Å². The molecular weight excluding hydrogens is 178 g/mol. The first-order valence-corrected chi connectivity index (χ1v) is 6.65. The Morgan fingerprint density at radius 3 is 2.46 bits per heavy atom. The molecule has 13 heavy (non-hydrogen) atoms. The van der Waals surface area contributed by atoms with Gasteiger partial charge in [-0.1, -0.05) is 13.8 Å². The molecule has 0 aliphatic carbocycles. The smallest absolute Gasteiger partial charge is 0.0111 e. The Balaban J connectivity index is 1.87. The van der Waals surface area contributed by atoms with Gasteiger partial charge < -0.3 is 0 Å². The van der Waals surface area contributed by atoms with Crippen LogP contribution in [-0.4, -0.2) is 35.5 Å². The van der Waals surface area contributed by atoms with Gasteiger partial charge in [0.2, 0.25) is 0 Å². The normalized spacial score (nSPS) is 30.9. The Kier molecular flexibility index (Phi) is 2.89. The summed E-state index contributed by atoms with van der Waals surface area (Å²) in [4.78, 5) is 2.74. The minimum absolute atomic E-state index is 0.588. The van der Waals surface area contributed by atoms with Crippen LogP contribution in [-0.2, 0) is 0 Å². The molecule has 0 unspecified atom stereocenters. The molecule has 2 aliphatic rings. The second-order valence-electron chi connectivity index (χ2n) is 5.23. The summed E-state index contributed by atoms with van der Waals surface area (Å²) in [5, 5.41) is 0. The number of nitrogens with zero attached hydrogens (tertiary/aromatic N) is 1. The van der Waals surface area contributed by atoms with Crippen molar-refractivity contribution in [2.45, 2.75) is 39.2 Å². The quantitative estimate of drug-likeness (QED) is 0.638. The fourth-order valence-corrected chi connectivity index (χ4v) is 3.60. The van der Waals surface area contributed by atoms with E-state index in [0.717, 1.165) is 6.04 Å². The van der Waals surface area contributed by atoms with Gasteiger partial charge in [0, 0.05) is 12.6 Å². The van der Waals surface area contributed by atoms with Crippen molar-refractivity contribution in [1.82, 2.24) is 4.90 Å². The van der Waals surface area contributed by atoms with Crippen LogP contribution in [0.25, 0.3) is 0 Å². The zero-order valence-electron chi connectivity index (χ0n) is 8.88. The van der Waals surface area contributed by atoms with E-state index in [9.17, 15) is 0 Å². The van der Waals surface area contributed by atoms with Crippen molar-refractivity contribution in [3.8, 4) is 0 Å². The highest BCUT2D eigenvalue weighted by molar-refractivity contribution is 7.99. The Hall–Kier alpha value is 0.310. The molecule has 2 aliphatic heterocycles. The van der Waals surface area contributed by atoms with Gasteiger partial charge >= 0.3 is 0 Å². The van der Waals surface area contributed by atoms with Crippen LogP contribution in [0.5, 0.6) is 0 Å². The molecule has 0 atom stereocenters. The van der Waals surface area contributed by atoms with E-state index in [4.69, 9.17) is 0 Å². The van der Waals surface area contributed by atoms with Crippen LogP contribution in [0.3, 0.4) is 0 Å². The van der Waals surface area contributed by atoms with E-state index in [1.165, 1.54) is 43.9 Å². The monoisotopic (exact) mass is 199 g/mol. The van der Waals surface area contributed by atoms with Gasteiger partial charge in [-0.25, -0.2) is 0 Å². The topological polar surface area (TPSA) is 3.24 Å². The third kappa shape index (κ3) is 2.41. The first-order valence-electron chi connectivity index (χ1n) is 5.49. The minimum atomic E-state index is 0.588. The van der Waals surface area contributed by atoms with Crippen LogP contribution in [0.2, 0.25) is 0 Å². The van der Waals surface area contributed by atoms with Gasteiger partial charge in [0.05, 0.1) is 0 Å². The van der Waals surface area contributed by atoms with Gasteiger partial charge in [0.25, 0.3) is 0 Å². The van der Waals surface area contributed by atoms with Crippen LogP contribution in [0.4, 0.5) is 0 Å². The minimum Gasteiger partial charge on any atom is -0.300 e.